The average molecular weight is 348 g/mol. The van der Waals surface area contributed by atoms with Crippen LogP contribution in [0, 0.1) is 5.82 Å². The Morgan fingerprint density at radius 1 is 0.920 bits per heavy atom. The highest BCUT2D eigenvalue weighted by molar-refractivity contribution is 5.97. The zero-order chi connectivity index (χ0) is 18.4. The predicted octanol–water partition coefficient (Wildman–Crippen LogP) is 6.09. The van der Waals surface area contributed by atoms with E-state index in [9.17, 15) is 18.0 Å². The Morgan fingerprint density at radius 3 is 2.04 bits per heavy atom. The molecule has 0 amide bonds. The van der Waals surface area contributed by atoms with Crippen LogP contribution in [0.25, 0.3) is 0 Å². The van der Waals surface area contributed by atoms with Crippen LogP contribution in [-0.2, 0) is 19.3 Å². The third-order valence-corrected chi connectivity index (χ3v) is 4.34. The van der Waals surface area contributed by atoms with Crippen LogP contribution in [0.5, 0.6) is 0 Å². The number of Topliss-reactive ketones (excluding diaryl/α,β-unsaturated/α-hetero) is 1. The Bertz CT molecular complexity index is 721. The van der Waals surface area contributed by atoms with Crippen LogP contribution >= 0.6 is 0 Å². The number of hydrogen-bond donors (Lipinski definition) is 0. The first kappa shape index (κ1) is 19.2. The molecule has 0 heterocycles. The minimum Gasteiger partial charge on any atom is -0.294 e. The van der Waals surface area contributed by atoms with Crippen LogP contribution in [0.4, 0.5) is 13.2 Å². The maximum atomic E-state index is 14.5. The van der Waals surface area contributed by atoms with Crippen LogP contribution in [0.3, 0.4) is 0 Å². The molecule has 0 aliphatic heterocycles. The number of halogens is 3. The van der Waals surface area contributed by atoms with Gasteiger partial charge >= 0.3 is 0 Å². The lowest BCUT2D eigenvalue weighted by Gasteiger charge is -2.12. The van der Waals surface area contributed by atoms with E-state index in [1.807, 2.05) is 24.3 Å². The number of carbonyl (C=O) groups is 1. The van der Waals surface area contributed by atoms with Crippen molar-refractivity contribution < 1.29 is 18.0 Å². The van der Waals surface area contributed by atoms with E-state index >= 15 is 0 Å². The fourth-order valence-corrected chi connectivity index (χ4v) is 2.92. The smallest absolute Gasteiger partial charge is 0.267 e. The number of carbonyl (C=O) groups excluding carboxylic acids is 1. The third-order valence-electron chi connectivity index (χ3n) is 4.34. The molecule has 0 aliphatic rings. The van der Waals surface area contributed by atoms with Gasteiger partial charge in [0.15, 0.2) is 5.78 Å². The Labute approximate surface area is 146 Å². The van der Waals surface area contributed by atoms with Gasteiger partial charge < -0.3 is 0 Å². The van der Waals surface area contributed by atoms with Crippen molar-refractivity contribution in [1.82, 2.24) is 0 Å². The van der Waals surface area contributed by atoms with Gasteiger partial charge in [-0.2, -0.15) is 0 Å². The largest absolute Gasteiger partial charge is 0.294 e. The topological polar surface area (TPSA) is 17.1 Å². The van der Waals surface area contributed by atoms with Gasteiger partial charge in [0.05, 0.1) is 5.56 Å². The lowest BCUT2D eigenvalue weighted by molar-refractivity contribution is 0.0971. The number of rotatable bonds is 8. The average Bonchev–Trinajstić information content (AvgIpc) is 2.61. The molecule has 25 heavy (non-hydrogen) atoms. The van der Waals surface area contributed by atoms with Gasteiger partial charge in [-0.3, -0.25) is 4.79 Å². The second-order valence-corrected chi connectivity index (χ2v) is 6.14. The van der Waals surface area contributed by atoms with E-state index in [1.54, 1.807) is 6.92 Å². The Kier molecular flexibility index (Phi) is 6.80. The quantitative estimate of drug-likeness (QED) is 0.527. The molecule has 2 rings (SSSR count). The number of benzene rings is 2. The second-order valence-electron chi connectivity index (χ2n) is 6.14. The molecule has 4 heteroatoms. The summed E-state index contributed by atoms with van der Waals surface area (Å²) >= 11 is 0. The molecule has 0 aromatic heterocycles. The number of ketones is 1. The number of aryl methyl sites for hydroxylation is 3. The van der Waals surface area contributed by atoms with Crippen molar-refractivity contribution in [2.45, 2.75) is 52.4 Å². The highest BCUT2D eigenvalue weighted by Gasteiger charge is 2.24. The Morgan fingerprint density at radius 2 is 1.52 bits per heavy atom. The van der Waals surface area contributed by atoms with E-state index in [4.69, 9.17) is 0 Å². The maximum absolute atomic E-state index is 14.5. The van der Waals surface area contributed by atoms with Gasteiger partial charge in [0.2, 0.25) is 0 Å². The summed E-state index contributed by atoms with van der Waals surface area (Å²) in [4.78, 5) is 11.8. The van der Waals surface area contributed by atoms with Gasteiger partial charge in [-0.1, -0.05) is 56.7 Å². The zero-order valence-corrected chi connectivity index (χ0v) is 14.6. The van der Waals surface area contributed by atoms with Crippen molar-refractivity contribution >= 4 is 5.78 Å². The SMILES string of the molecule is CCCc1ccc(CCc2ccc(C(=O)CC)c(C(F)F)c2F)cc1. The molecule has 0 saturated heterocycles. The van der Waals surface area contributed by atoms with Crippen molar-refractivity contribution in [3.8, 4) is 0 Å². The minimum atomic E-state index is -3.00. The lowest BCUT2D eigenvalue weighted by Crippen LogP contribution is -2.08. The molecule has 0 aliphatic carbocycles. The van der Waals surface area contributed by atoms with E-state index in [2.05, 4.69) is 6.92 Å². The minimum absolute atomic E-state index is 0.0720. The molecule has 0 N–H and O–H groups in total. The summed E-state index contributed by atoms with van der Waals surface area (Å²) in [6.45, 7) is 3.69. The van der Waals surface area contributed by atoms with Gasteiger partial charge in [-0.15, -0.1) is 0 Å². The molecule has 1 nitrogen and oxygen atoms in total. The fraction of sp³-hybridized carbons (Fsp3) is 0.381. The van der Waals surface area contributed by atoms with Crippen LogP contribution in [-0.4, -0.2) is 5.78 Å². The highest BCUT2D eigenvalue weighted by atomic mass is 19.3. The highest BCUT2D eigenvalue weighted by Crippen LogP contribution is 2.29. The molecule has 0 atom stereocenters. The monoisotopic (exact) mass is 348 g/mol. The van der Waals surface area contributed by atoms with Gasteiger partial charge in [-0.05, 0) is 36.0 Å². The molecule has 0 saturated carbocycles. The van der Waals surface area contributed by atoms with Crippen LogP contribution in [0.2, 0.25) is 0 Å². The molecular weight excluding hydrogens is 325 g/mol. The molecule has 0 spiro atoms. The van der Waals surface area contributed by atoms with E-state index in [0.717, 1.165) is 18.4 Å². The summed E-state index contributed by atoms with van der Waals surface area (Å²) < 4.78 is 41.0. The summed E-state index contributed by atoms with van der Waals surface area (Å²) in [6, 6.07) is 10.9. The molecule has 0 fully saturated rings. The summed E-state index contributed by atoms with van der Waals surface area (Å²) in [6.07, 6.45) is 0.0389. The van der Waals surface area contributed by atoms with Gasteiger partial charge in [0, 0.05) is 12.0 Å². The zero-order valence-electron chi connectivity index (χ0n) is 14.6. The molecule has 0 radical (unpaired) electrons. The summed E-state index contributed by atoms with van der Waals surface area (Å²) in [7, 11) is 0. The van der Waals surface area contributed by atoms with Gasteiger partial charge in [0.1, 0.15) is 5.82 Å². The molecule has 134 valence electrons. The van der Waals surface area contributed by atoms with Crippen molar-refractivity contribution in [2.24, 2.45) is 0 Å². The Hall–Kier alpha value is -2.10. The van der Waals surface area contributed by atoms with Crippen LogP contribution in [0.15, 0.2) is 36.4 Å². The fourth-order valence-electron chi connectivity index (χ4n) is 2.92. The van der Waals surface area contributed by atoms with Crippen molar-refractivity contribution in [3.05, 3.63) is 70.0 Å². The van der Waals surface area contributed by atoms with E-state index in [-0.39, 0.29) is 17.5 Å². The predicted molar refractivity (Wildman–Crippen MR) is 93.8 cm³/mol. The van der Waals surface area contributed by atoms with Gasteiger partial charge in [-0.25, -0.2) is 13.2 Å². The normalized spacial score (nSPS) is 11.1. The van der Waals surface area contributed by atoms with Gasteiger partial charge in [0.25, 0.3) is 6.43 Å². The molecule has 0 bridgehead atoms. The van der Waals surface area contributed by atoms with E-state index in [0.29, 0.717) is 12.8 Å². The summed E-state index contributed by atoms with van der Waals surface area (Å²) in [5, 5.41) is 0. The molecule has 2 aromatic carbocycles. The number of alkyl halides is 2. The maximum Gasteiger partial charge on any atom is 0.267 e. The standard InChI is InChI=1S/C21H23F3O/c1-3-5-14-6-8-15(9-7-14)10-11-16-12-13-17(18(25)4-2)19(20(16)22)21(23)24/h6-9,12-13,21H,3-5,10-11H2,1-2H3. The van der Waals surface area contributed by atoms with Crippen LogP contribution < -0.4 is 0 Å². The first-order valence-electron chi connectivity index (χ1n) is 8.68. The van der Waals surface area contributed by atoms with Crippen molar-refractivity contribution in [2.75, 3.05) is 0 Å². The summed E-state index contributed by atoms with van der Waals surface area (Å²) in [5.41, 5.74) is 1.54. The van der Waals surface area contributed by atoms with Crippen molar-refractivity contribution in [3.63, 3.8) is 0 Å². The lowest BCUT2D eigenvalue weighted by atomic mass is 9.95. The first-order chi connectivity index (χ1) is 12.0. The number of hydrogen-bond acceptors (Lipinski definition) is 1. The van der Waals surface area contributed by atoms with E-state index in [1.165, 1.54) is 17.7 Å². The molecule has 0 unspecified atom stereocenters. The van der Waals surface area contributed by atoms with Crippen LogP contribution in [0.1, 0.15) is 65.7 Å². The third kappa shape index (κ3) is 4.71. The molecule has 2 aromatic rings. The van der Waals surface area contributed by atoms with Crippen molar-refractivity contribution in [1.29, 1.82) is 0 Å². The van der Waals surface area contributed by atoms with E-state index < -0.39 is 23.6 Å². The first-order valence-corrected chi connectivity index (χ1v) is 8.68. The Balaban J connectivity index is 2.19. The second kappa shape index (κ2) is 8.84. The molecular formula is C21H23F3O. The summed E-state index contributed by atoms with van der Waals surface area (Å²) in [5.74, 6) is -1.41.